The lowest BCUT2D eigenvalue weighted by molar-refractivity contribution is -0.137. The van der Waals surface area contributed by atoms with Gasteiger partial charge in [-0.15, -0.1) is 0 Å². The number of alkyl halides is 3. The summed E-state index contributed by atoms with van der Waals surface area (Å²) in [5.74, 6) is 1.20. The summed E-state index contributed by atoms with van der Waals surface area (Å²) in [7, 11) is 0. The first-order valence-corrected chi connectivity index (χ1v) is 8.96. The van der Waals surface area contributed by atoms with Gasteiger partial charge in [0.15, 0.2) is 5.65 Å². The fourth-order valence-corrected chi connectivity index (χ4v) is 4.23. The minimum atomic E-state index is -4.62. The zero-order valence-corrected chi connectivity index (χ0v) is 15.1. The summed E-state index contributed by atoms with van der Waals surface area (Å²) in [5.41, 5.74) is -0.00469. The first kappa shape index (κ1) is 17.7. The van der Waals surface area contributed by atoms with Crippen LogP contribution in [-0.4, -0.2) is 22.5 Å². The van der Waals surface area contributed by atoms with Crippen LogP contribution in [-0.2, 0) is 6.18 Å². The molecule has 1 aliphatic rings. The Morgan fingerprint density at radius 3 is 2.44 bits per heavy atom. The Morgan fingerprint density at radius 1 is 1.15 bits per heavy atom. The molecule has 1 saturated heterocycles. The average molecular weight is 372 g/mol. The number of hydrogen-bond acceptors (Lipinski definition) is 3. The number of halogens is 3. The smallest absolute Gasteiger partial charge is 0.357 e. The van der Waals surface area contributed by atoms with Crippen molar-refractivity contribution in [2.45, 2.75) is 26.4 Å². The molecule has 27 heavy (non-hydrogen) atoms. The maximum absolute atomic E-state index is 13.7. The van der Waals surface area contributed by atoms with E-state index in [1.165, 1.54) is 0 Å². The van der Waals surface area contributed by atoms with E-state index in [-0.39, 0.29) is 5.65 Å². The molecule has 1 fully saturated rings. The summed E-state index contributed by atoms with van der Waals surface area (Å²) < 4.78 is 42.8. The van der Waals surface area contributed by atoms with Gasteiger partial charge in [0, 0.05) is 13.1 Å². The van der Waals surface area contributed by atoms with E-state index in [2.05, 4.69) is 18.8 Å². The Kier molecular flexibility index (Phi) is 4.02. The summed E-state index contributed by atoms with van der Waals surface area (Å²) in [5, 5.41) is 9.47. The monoisotopic (exact) mass is 372 g/mol. The summed E-state index contributed by atoms with van der Waals surface area (Å²) >= 11 is 0. The molecule has 0 N–H and O–H groups in total. The predicted molar refractivity (Wildman–Crippen MR) is 97.6 cm³/mol. The van der Waals surface area contributed by atoms with Crippen molar-refractivity contribution in [3.8, 4) is 6.07 Å². The maximum Gasteiger partial charge on any atom is 0.417 e. The van der Waals surface area contributed by atoms with Gasteiger partial charge < -0.3 is 4.90 Å². The van der Waals surface area contributed by atoms with Crippen LogP contribution in [0, 0.1) is 23.2 Å². The second kappa shape index (κ2) is 6.15. The van der Waals surface area contributed by atoms with Gasteiger partial charge in [0.1, 0.15) is 17.5 Å². The standard InChI is InChI=1S/C20H19F3N4/c1-12-7-13(2)11-26(10-12)18-8-15(20(21,22)23)14(9-24)19-25-16-5-3-4-6-17(16)27(18)19/h3-6,8,12-13H,7,10-11H2,1-2H3/t12-,13-/m1/s1. The molecular weight excluding hydrogens is 353 g/mol. The number of nitriles is 1. The van der Waals surface area contributed by atoms with Crippen LogP contribution in [0.4, 0.5) is 19.0 Å². The lowest BCUT2D eigenvalue weighted by atomic mass is 9.92. The number of pyridine rings is 1. The van der Waals surface area contributed by atoms with Crippen LogP contribution in [0.2, 0.25) is 0 Å². The van der Waals surface area contributed by atoms with E-state index in [9.17, 15) is 18.4 Å². The topological polar surface area (TPSA) is 44.3 Å². The first-order chi connectivity index (χ1) is 12.8. The van der Waals surface area contributed by atoms with Gasteiger partial charge in [-0.05, 0) is 36.5 Å². The SMILES string of the molecule is C[C@@H]1C[C@@H](C)CN(c2cc(C(F)(F)F)c(C#N)c3nc4ccccc4n23)C1. The molecule has 1 aliphatic heterocycles. The summed E-state index contributed by atoms with van der Waals surface area (Å²) in [6.07, 6.45) is -3.57. The van der Waals surface area contributed by atoms with Crippen molar-refractivity contribution in [3.63, 3.8) is 0 Å². The van der Waals surface area contributed by atoms with Crippen molar-refractivity contribution < 1.29 is 13.2 Å². The van der Waals surface area contributed by atoms with E-state index in [1.807, 2.05) is 17.0 Å². The zero-order chi connectivity index (χ0) is 19.3. The van der Waals surface area contributed by atoms with E-state index in [4.69, 9.17) is 0 Å². The Balaban J connectivity index is 2.09. The molecule has 0 saturated carbocycles. The lowest BCUT2D eigenvalue weighted by Crippen LogP contribution is -2.39. The zero-order valence-electron chi connectivity index (χ0n) is 15.1. The van der Waals surface area contributed by atoms with Gasteiger partial charge in [-0.2, -0.15) is 18.4 Å². The lowest BCUT2D eigenvalue weighted by Gasteiger charge is -2.37. The minimum Gasteiger partial charge on any atom is -0.357 e. The Hall–Kier alpha value is -2.75. The molecule has 140 valence electrons. The number of para-hydroxylation sites is 2. The Labute approximate surface area is 154 Å². The highest BCUT2D eigenvalue weighted by Crippen LogP contribution is 2.39. The van der Waals surface area contributed by atoms with Crippen molar-refractivity contribution >= 4 is 22.5 Å². The predicted octanol–water partition coefficient (Wildman–Crippen LogP) is 4.86. The number of rotatable bonds is 1. The van der Waals surface area contributed by atoms with Crippen molar-refractivity contribution in [1.82, 2.24) is 9.38 Å². The van der Waals surface area contributed by atoms with Crippen LogP contribution < -0.4 is 4.90 Å². The molecule has 0 amide bonds. The third-order valence-electron chi connectivity index (χ3n) is 5.17. The largest absolute Gasteiger partial charge is 0.417 e. The van der Waals surface area contributed by atoms with Crippen LogP contribution in [0.15, 0.2) is 30.3 Å². The Morgan fingerprint density at radius 2 is 1.81 bits per heavy atom. The van der Waals surface area contributed by atoms with Gasteiger partial charge in [-0.1, -0.05) is 26.0 Å². The van der Waals surface area contributed by atoms with Gasteiger partial charge >= 0.3 is 6.18 Å². The number of anilines is 1. The fraction of sp³-hybridized carbons (Fsp3) is 0.400. The summed E-state index contributed by atoms with van der Waals surface area (Å²) in [6, 6.07) is 10.0. The highest BCUT2D eigenvalue weighted by Gasteiger charge is 2.37. The minimum absolute atomic E-state index is 0.0643. The van der Waals surface area contributed by atoms with Gasteiger partial charge in [0.25, 0.3) is 0 Å². The summed E-state index contributed by atoms with van der Waals surface area (Å²) in [6.45, 7) is 5.57. The number of hydrogen-bond donors (Lipinski definition) is 0. The van der Waals surface area contributed by atoms with Crippen molar-refractivity contribution in [2.75, 3.05) is 18.0 Å². The molecule has 2 aromatic heterocycles. The van der Waals surface area contributed by atoms with Gasteiger partial charge in [0.05, 0.1) is 16.6 Å². The molecule has 4 nitrogen and oxygen atoms in total. The van der Waals surface area contributed by atoms with E-state index >= 15 is 0 Å². The van der Waals surface area contributed by atoms with E-state index in [1.54, 1.807) is 22.6 Å². The maximum atomic E-state index is 13.7. The van der Waals surface area contributed by atoms with E-state index < -0.39 is 17.3 Å². The molecule has 3 heterocycles. The highest BCUT2D eigenvalue weighted by atomic mass is 19.4. The number of aromatic nitrogens is 2. The van der Waals surface area contributed by atoms with Crippen LogP contribution in [0.3, 0.4) is 0 Å². The molecule has 0 bridgehead atoms. The van der Waals surface area contributed by atoms with Crippen molar-refractivity contribution in [2.24, 2.45) is 11.8 Å². The second-order valence-corrected chi connectivity index (χ2v) is 7.51. The fourth-order valence-electron chi connectivity index (χ4n) is 4.23. The van der Waals surface area contributed by atoms with E-state index in [0.29, 0.717) is 41.8 Å². The molecule has 4 rings (SSSR count). The Bertz CT molecular complexity index is 1050. The van der Waals surface area contributed by atoms with Crippen molar-refractivity contribution in [1.29, 1.82) is 5.26 Å². The molecule has 0 spiro atoms. The quantitative estimate of drug-likeness (QED) is 0.613. The third kappa shape index (κ3) is 2.89. The number of piperidine rings is 1. The van der Waals surface area contributed by atoms with Crippen LogP contribution >= 0.6 is 0 Å². The van der Waals surface area contributed by atoms with Gasteiger partial charge in [-0.3, -0.25) is 4.40 Å². The van der Waals surface area contributed by atoms with Crippen LogP contribution in [0.25, 0.3) is 16.7 Å². The third-order valence-corrected chi connectivity index (χ3v) is 5.17. The molecular formula is C20H19F3N4. The van der Waals surface area contributed by atoms with Crippen molar-refractivity contribution in [3.05, 3.63) is 41.5 Å². The molecule has 2 atom stereocenters. The highest BCUT2D eigenvalue weighted by molar-refractivity contribution is 5.85. The summed E-state index contributed by atoms with van der Waals surface area (Å²) in [4.78, 5) is 6.36. The first-order valence-electron chi connectivity index (χ1n) is 8.96. The van der Waals surface area contributed by atoms with Gasteiger partial charge in [0.2, 0.25) is 0 Å². The normalized spacial score (nSPS) is 21.0. The number of benzene rings is 1. The molecule has 0 aliphatic carbocycles. The van der Waals surface area contributed by atoms with Crippen LogP contribution in [0.5, 0.6) is 0 Å². The molecule has 7 heteroatoms. The number of imidazole rings is 1. The molecule has 0 radical (unpaired) electrons. The second-order valence-electron chi connectivity index (χ2n) is 7.51. The van der Waals surface area contributed by atoms with E-state index in [0.717, 1.165) is 12.5 Å². The van der Waals surface area contributed by atoms with Crippen LogP contribution in [0.1, 0.15) is 31.4 Å². The number of nitrogens with zero attached hydrogens (tertiary/aromatic N) is 4. The molecule has 3 aromatic rings. The molecule has 1 aromatic carbocycles. The number of fused-ring (bicyclic) bond motifs is 3. The molecule has 0 unspecified atom stereocenters. The average Bonchev–Trinajstić information content (AvgIpc) is 2.98. The van der Waals surface area contributed by atoms with Gasteiger partial charge in [-0.25, -0.2) is 4.98 Å².